The maximum Gasteiger partial charge on any atom is 0.251 e. The Hall–Kier alpha value is -1.44. The van der Waals surface area contributed by atoms with Gasteiger partial charge in [0.1, 0.15) is 0 Å². The lowest BCUT2D eigenvalue weighted by Crippen LogP contribution is -3.18. The van der Waals surface area contributed by atoms with Crippen molar-refractivity contribution in [2.45, 2.75) is 44.7 Å². The highest BCUT2D eigenvalue weighted by Crippen LogP contribution is 2.13. The van der Waals surface area contributed by atoms with Crippen LogP contribution in [0.5, 0.6) is 0 Å². The summed E-state index contributed by atoms with van der Waals surface area (Å²) in [5.74, 6) is -0.185. The Labute approximate surface area is 145 Å². The van der Waals surface area contributed by atoms with E-state index in [9.17, 15) is 13.2 Å². The number of rotatable bonds is 8. The standard InChI is InChI=1S/C17H29N3O3S/c1-13(2)20(14(3)4)12-11-18-17(21)15-7-9-16(10-8-15)24(22,23)19(5)6/h7-10,13-14H,11-12H2,1-6H3,(H,18,21)/p+1. The van der Waals surface area contributed by atoms with Crippen LogP contribution >= 0.6 is 0 Å². The van der Waals surface area contributed by atoms with Crippen LogP contribution in [0.3, 0.4) is 0 Å². The number of sulfonamides is 1. The molecule has 0 aliphatic heterocycles. The molecule has 0 saturated carbocycles. The number of quaternary nitrogens is 1. The van der Waals surface area contributed by atoms with Crippen molar-refractivity contribution in [2.24, 2.45) is 0 Å². The summed E-state index contributed by atoms with van der Waals surface area (Å²) in [7, 11) is -0.509. The zero-order chi connectivity index (χ0) is 18.5. The molecule has 24 heavy (non-hydrogen) atoms. The summed E-state index contributed by atoms with van der Waals surface area (Å²) in [6, 6.07) is 7.01. The van der Waals surface area contributed by atoms with Crippen LogP contribution < -0.4 is 10.2 Å². The van der Waals surface area contributed by atoms with Gasteiger partial charge in [0.15, 0.2) is 0 Å². The van der Waals surface area contributed by atoms with Gasteiger partial charge in [0.25, 0.3) is 5.91 Å². The lowest BCUT2D eigenvalue weighted by atomic mass is 10.2. The molecule has 0 heterocycles. The summed E-state index contributed by atoms with van der Waals surface area (Å²) in [6.45, 7) is 10.1. The van der Waals surface area contributed by atoms with Crippen molar-refractivity contribution in [2.75, 3.05) is 27.2 Å². The first-order valence-corrected chi connectivity index (χ1v) is 9.67. The highest BCUT2D eigenvalue weighted by atomic mass is 32.2. The number of hydrogen-bond donors (Lipinski definition) is 2. The van der Waals surface area contributed by atoms with Gasteiger partial charge in [-0.1, -0.05) is 0 Å². The number of hydrogen-bond acceptors (Lipinski definition) is 3. The van der Waals surface area contributed by atoms with E-state index in [2.05, 4.69) is 33.0 Å². The third kappa shape index (κ3) is 5.29. The molecule has 0 aromatic heterocycles. The average Bonchev–Trinajstić information content (AvgIpc) is 2.50. The molecule has 2 N–H and O–H groups in total. The van der Waals surface area contributed by atoms with Gasteiger partial charge in [0, 0.05) is 19.7 Å². The van der Waals surface area contributed by atoms with Crippen LogP contribution in [-0.2, 0) is 10.0 Å². The predicted molar refractivity (Wildman–Crippen MR) is 95.7 cm³/mol. The Kier molecular flexibility index (Phi) is 7.38. The molecule has 1 amide bonds. The number of nitrogens with one attached hydrogen (secondary N) is 2. The molecular formula is C17H30N3O3S+. The van der Waals surface area contributed by atoms with Crippen molar-refractivity contribution in [3.05, 3.63) is 29.8 Å². The van der Waals surface area contributed by atoms with Crippen molar-refractivity contribution >= 4 is 15.9 Å². The first-order valence-electron chi connectivity index (χ1n) is 8.23. The van der Waals surface area contributed by atoms with Crippen LogP contribution in [0, 0.1) is 0 Å². The summed E-state index contributed by atoms with van der Waals surface area (Å²) in [5.41, 5.74) is 0.461. The summed E-state index contributed by atoms with van der Waals surface area (Å²) >= 11 is 0. The minimum atomic E-state index is -3.47. The molecule has 1 aromatic rings. The fourth-order valence-electron chi connectivity index (χ4n) is 2.66. The quantitative estimate of drug-likeness (QED) is 0.707. The lowest BCUT2D eigenvalue weighted by Gasteiger charge is -2.27. The smallest absolute Gasteiger partial charge is 0.251 e. The number of nitrogens with zero attached hydrogens (tertiary/aromatic N) is 1. The van der Waals surface area contributed by atoms with E-state index >= 15 is 0 Å². The zero-order valence-corrected chi connectivity index (χ0v) is 16.3. The first kappa shape index (κ1) is 20.6. The minimum absolute atomic E-state index is 0.180. The molecule has 0 unspecified atom stereocenters. The van der Waals surface area contributed by atoms with E-state index in [1.165, 1.54) is 31.1 Å². The molecule has 0 aliphatic rings. The molecule has 0 spiro atoms. The second-order valence-electron chi connectivity index (χ2n) is 6.70. The average molecular weight is 357 g/mol. The second-order valence-corrected chi connectivity index (χ2v) is 8.85. The molecule has 0 bridgehead atoms. The van der Waals surface area contributed by atoms with Crippen molar-refractivity contribution in [3.63, 3.8) is 0 Å². The summed E-state index contributed by atoms with van der Waals surface area (Å²) < 4.78 is 25.2. The Balaban J connectivity index is 2.67. The molecule has 1 aromatic carbocycles. The van der Waals surface area contributed by atoms with Gasteiger partial charge in [-0.3, -0.25) is 4.79 Å². The molecular weight excluding hydrogens is 326 g/mol. The van der Waals surface area contributed by atoms with Gasteiger partial charge in [-0.25, -0.2) is 12.7 Å². The molecule has 0 aliphatic carbocycles. The van der Waals surface area contributed by atoms with Crippen LogP contribution in [0.1, 0.15) is 38.1 Å². The Morgan fingerprint density at radius 3 is 2.00 bits per heavy atom. The maximum absolute atomic E-state index is 12.2. The fraction of sp³-hybridized carbons (Fsp3) is 0.588. The van der Waals surface area contributed by atoms with E-state index < -0.39 is 10.0 Å². The van der Waals surface area contributed by atoms with E-state index in [-0.39, 0.29) is 10.8 Å². The van der Waals surface area contributed by atoms with Crippen LogP contribution in [-0.4, -0.2) is 57.9 Å². The van der Waals surface area contributed by atoms with E-state index in [0.717, 1.165) is 10.8 Å². The van der Waals surface area contributed by atoms with E-state index in [1.54, 1.807) is 12.1 Å². The number of amides is 1. The van der Waals surface area contributed by atoms with Crippen molar-refractivity contribution in [1.82, 2.24) is 9.62 Å². The Bertz CT molecular complexity index is 630. The summed E-state index contributed by atoms with van der Waals surface area (Å²) in [4.78, 5) is 13.8. The molecule has 0 radical (unpaired) electrons. The van der Waals surface area contributed by atoms with Gasteiger partial charge in [-0.15, -0.1) is 0 Å². The second kappa shape index (κ2) is 8.60. The van der Waals surface area contributed by atoms with Gasteiger partial charge in [-0.05, 0) is 52.0 Å². The topological polar surface area (TPSA) is 70.9 Å². The van der Waals surface area contributed by atoms with Crippen molar-refractivity contribution in [1.29, 1.82) is 0 Å². The predicted octanol–water partition coefficient (Wildman–Crippen LogP) is 0.368. The third-order valence-electron chi connectivity index (χ3n) is 4.08. The molecule has 136 valence electrons. The van der Waals surface area contributed by atoms with Crippen LogP contribution in [0.15, 0.2) is 29.2 Å². The number of carbonyl (C=O) groups is 1. The summed E-state index contributed by atoms with van der Waals surface area (Å²) in [6.07, 6.45) is 0. The molecule has 7 heteroatoms. The Morgan fingerprint density at radius 1 is 1.08 bits per heavy atom. The first-order chi connectivity index (χ1) is 11.1. The van der Waals surface area contributed by atoms with Crippen LogP contribution in [0.2, 0.25) is 0 Å². The molecule has 1 rings (SSSR count). The van der Waals surface area contributed by atoms with Crippen LogP contribution in [0.25, 0.3) is 0 Å². The van der Waals surface area contributed by atoms with Gasteiger partial charge in [-0.2, -0.15) is 0 Å². The largest absolute Gasteiger partial charge is 0.346 e. The highest BCUT2D eigenvalue weighted by Gasteiger charge is 2.19. The molecule has 0 fully saturated rings. The van der Waals surface area contributed by atoms with Crippen molar-refractivity contribution < 1.29 is 18.1 Å². The molecule has 0 atom stereocenters. The zero-order valence-electron chi connectivity index (χ0n) is 15.5. The Morgan fingerprint density at radius 2 is 1.58 bits per heavy atom. The molecule has 6 nitrogen and oxygen atoms in total. The lowest BCUT2D eigenvalue weighted by molar-refractivity contribution is -0.941. The fourth-order valence-corrected chi connectivity index (χ4v) is 3.56. The van der Waals surface area contributed by atoms with Crippen molar-refractivity contribution in [3.8, 4) is 0 Å². The number of benzene rings is 1. The number of carbonyl (C=O) groups excluding carboxylic acids is 1. The van der Waals surface area contributed by atoms with Gasteiger partial charge in [0.05, 0.1) is 30.1 Å². The normalized spacial score (nSPS) is 12.4. The van der Waals surface area contributed by atoms with E-state index in [4.69, 9.17) is 0 Å². The SMILES string of the molecule is CC(C)[NH+](CCNC(=O)c1ccc(S(=O)(=O)N(C)C)cc1)C(C)C. The van der Waals surface area contributed by atoms with Gasteiger partial charge < -0.3 is 10.2 Å². The minimum Gasteiger partial charge on any atom is -0.346 e. The van der Waals surface area contributed by atoms with Crippen LogP contribution in [0.4, 0.5) is 0 Å². The monoisotopic (exact) mass is 356 g/mol. The van der Waals surface area contributed by atoms with E-state index in [0.29, 0.717) is 24.2 Å². The summed E-state index contributed by atoms with van der Waals surface area (Å²) in [5, 5.41) is 2.90. The van der Waals surface area contributed by atoms with Gasteiger partial charge in [0.2, 0.25) is 10.0 Å². The molecule has 0 saturated heterocycles. The van der Waals surface area contributed by atoms with Gasteiger partial charge >= 0.3 is 0 Å². The third-order valence-corrected chi connectivity index (χ3v) is 5.91. The van der Waals surface area contributed by atoms with E-state index in [1.807, 2.05) is 0 Å². The maximum atomic E-state index is 12.2. The highest BCUT2D eigenvalue weighted by molar-refractivity contribution is 7.89.